The summed E-state index contributed by atoms with van der Waals surface area (Å²) in [6.07, 6.45) is 4.94. The summed E-state index contributed by atoms with van der Waals surface area (Å²) in [7, 11) is 0. The Bertz CT molecular complexity index is 325. The smallest absolute Gasteiger partial charge is 0.159 e. The molecule has 1 aromatic carbocycles. The molecule has 1 aromatic rings. The molecule has 0 saturated heterocycles. The molecular formula is C12H13BrO. The van der Waals surface area contributed by atoms with E-state index < -0.39 is 0 Å². The highest BCUT2D eigenvalue weighted by Gasteiger charge is 1.98. The van der Waals surface area contributed by atoms with Gasteiger partial charge in [-0.3, -0.25) is 4.79 Å². The van der Waals surface area contributed by atoms with Gasteiger partial charge in [-0.15, -0.1) is 0 Å². The molecule has 0 radical (unpaired) electrons. The van der Waals surface area contributed by atoms with E-state index in [9.17, 15) is 4.79 Å². The Morgan fingerprint density at radius 1 is 1.36 bits per heavy atom. The lowest BCUT2D eigenvalue weighted by Crippen LogP contribution is -1.97. The molecule has 0 fully saturated rings. The molecule has 2 heteroatoms. The molecule has 74 valence electrons. The summed E-state index contributed by atoms with van der Waals surface area (Å²) < 4.78 is 1.04. The van der Waals surface area contributed by atoms with Gasteiger partial charge >= 0.3 is 0 Å². The minimum Gasteiger partial charge on any atom is -0.294 e. The summed E-state index contributed by atoms with van der Waals surface area (Å²) in [6, 6.07) is 7.82. The Morgan fingerprint density at radius 3 is 2.57 bits per heavy atom. The van der Waals surface area contributed by atoms with Crippen LogP contribution in [0.1, 0.15) is 18.9 Å². The van der Waals surface area contributed by atoms with Crippen LogP contribution < -0.4 is 0 Å². The summed E-state index contributed by atoms with van der Waals surface area (Å²) in [4.78, 5) is 11.4. The molecule has 0 atom stereocenters. The molecule has 14 heavy (non-hydrogen) atoms. The second kappa shape index (κ2) is 5.76. The predicted octanol–water partition coefficient (Wildman–Crippen LogP) is 3.53. The molecule has 0 unspecified atom stereocenters. The van der Waals surface area contributed by atoms with Crippen LogP contribution in [-0.4, -0.2) is 5.78 Å². The van der Waals surface area contributed by atoms with Crippen LogP contribution in [0.2, 0.25) is 0 Å². The van der Waals surface area contributed by atoms with Gasteiger partial charge in [0, 0.05) is 10.9 Å². The predicted molar refractivity (Wildman–Crippen MR) is 62.3 cm³/mol. The number of allylic oxidation sites excluding steroid dienone is 2. The highest BCUT2D eigenvalue weighted by atomic mass is 79.9. The zero-order valence-corrected chi connectivity index (χ0v) is 9.75. The zero-order valence-electron chi connectivity index (χ0n) is 8.16. The van der Waals surface area contributed by atoms with Crippen molar-refractivity contribution >= 4 is 21.7 Å². The van der Waals surface area contributed by atoms with E-state index in [-0.39, 0.29) is 5.78 Å². The van der Waals surface area contributed by atoms with Gasteiger partial charge in [0.25, 0.3) is 0 Å². The summed E-state index contributed by atoms with van der Waals surface area (Å²) in [6.45, 7) is 2.02. The van der Waals surface area contributed by atoms with Gasteiger partial charge in [0.05, 0.1) is 0 Å². The van der Waals surface area contributed by atoms with Crippen LogP contribution in [0.15, 0.2) is 40.9 Å². The molecule has 0 aliphatic heterocycles. The highest BCUT2D eigenvalue weighted by Crippen LogP contribution is 2.11. The van der Waals surface area contributed by atoms with Crippen molar-refractivity contribution in [3.8, 4) is 0 Å². The fourth-order valence-corrected chi connectivity index (χ4v) is 1.38. The number of hydrogen-bond acceptors (Lipinski definition) is 1. The molecule has 0 aromatic heterocycles. The number of halogens is 1. The maximum Gasteiger partial charge on any atom is 0.159 e. The van der Waals surface area contributed by atoms with Crippen LogP contribution in [0.3, 0.4) is 0 Å². The van der Waals surface area contributed by atoms with Crippen LogP contribution in [-0.2, 0) is 11.2 Å². The number of ketones is 1. The summed E-state index contributed by atoms with van der Waals surface area (Å²) >= 11 is 3.35. The third-order valence-corrected chi connectivity index (χ3v) is 2.36. The lowest BCUT2D eigenvalue weighted by molar-refractivity contribution is -0.114. The highest BCUT2D eigenvalue weighted by molar-refractivity contribution is 9.10. The third-order valence-electron chi connectivity index (χ3n) is 1.83. The second-order valence-corrected chi connectivity index (χ2v) is 4.00. The lowest BCUT2D eigenvalue weighted by atomic mass is 10.1. The lowest BCUT2D eigenvalue weighted by Gasteiger charge is -1.97. The molecule has 0 heterocycles. The number of carbonyl (C=O) groups is 1. The van der Waals surface area contributed by atoms with E-state index in [2.05, 4.69) is 15.9 Å². The number of hydrogen-bond donors (Lipinski definition) is 0. The van der Waals surface area contributed by atoms with Crippen molar-refractivity contribution in [1.29, 1.82) is 0 Å². The van der Waals surface area contributed by atoms with Gasteiger partial charge in [0.1, 0.15) is 0 Å². The van der Waals surface area contributed by atoms with Crippen LogP contribution in [0.5, 0.6) is 0 Å². The molecule has 0 spiro atoms. The summed E-state index contributed by atoms with van der Waals surface area (Å²) in [5.74, 6) is 0.161. The number of benzene rings is 1. The quantitative estimate of drug-likeness (QED) is 0.750. The Kier molecular flexibility index (Phi) is 4.60. The average Bonchev–Trinajstić information content (AvgIpc) is 2.18. The van der Waals surface area contributed by atoms with Gasteiger partial charge in [-0.05, 0) is 30.2 Å². The van der Waals surface area contributed by atoms with E-state index in [0.29, 0.717) is 6.42 Å². The minimum absolute atomic E-state index is 0.161. The van der Waals surface area contributed by atoms with Crippen LogP contribution in [0.4, 0.5) is 0 Å². The van der Waals surface area contributed by atoms with E-state index in [0.717, 1.165) is 16.5 Å². The first-order chi connectivity index (χ1) is 6.72. The van der Waals surface area contributed by atoms with Gasteiger partial charge in [-0.25, -0.2) is 0 Å². The van der Waals surface area contributed by atoms with Crippen LogP contribution in [0.25, 0.3) is 0 Å². The fraction of sp³-hybridized carbons (Fsp3) is 0.250. The maximum atomic E-state index is 11.4. The maximum absolute atomic E-state index is 11.4. The molecule has 0 saturated carbocycles. The molecule has 1 nitrogen and oxygen atoms in total. The Hall–Kier alpha value is -0.890. The van der Waals surface area contributed by atoms with Crippen molar-refractivity contribution in [3.63, 3.8) is 0 Å². The Morgan fingerprint density at radius 2 is 2.00 bits per heavy atom. The van der Waals surface area contributed by atoms with Crippen molar-refractivity contribution in [2.75, 3.05) is 0 Å². The number of carbonyl (C=O) groups excluding carboxylic acids is 1. The molecule has 0 N–H and O–H groups in total. The first-order valence-electron chi connectivity index (χ1n) is 4.66. The average molecular weight is 253 g/mol. The molecule has 0 aliphatic rings. The van der Waals surface area contributed by atoms with Crippen molar-refractivity contribution in [3.05, 3.63) is 46.5 Å². The zero-order chi connectivity index (χ0) is 10.4. The fourth-order valence-electron chi connectivity index (χ4n) is 1.11. The van der Waals surface area contributed by atoms with Gasteiger partial charge in [0.2, 0.25) is 0 Å². The van der Waals surface area contributed by atoms with Gasteiger partial charge in [0.15, 0.2) is 5.78 Å². The van der Waals surface area contributed by atoms with E-state index >= 15 is 0 Å². The summed E-state index contributed by atoms with van der Waals surface area (Å²) in [5.41, 5.74) is 1.05. The van der Waals surface area contributed by atoms with Gasteiger partial charge in [-0.1, -0.05) is 41.1 Å². The molecule has 0 bridgehead atoms. The van der Waals surface area contributed by atoms with Gasteiger partial charge < -0.3 is 0 Å². The van der Waals surface area contributed by atoms with Crippen molar-refractivity contribution in [1.82, 2.24) is 0 Å². The van der Waals surface area contributed by atoms with Crippen molar-refractivity contribution in [2.45, 2.75) is 19.8 Å². The van der Waals surface area contributed by atoms with Crippen LogP contribution in [0, 0.1) is 0 Å². The Labute approximate surface area is 93.0 Å². The Balaban J connectivity index is 2.56. The standard InChI is InChI=1S/C12H13BrO/c1-2-3-4-12(14)9-10-5-7-11(13)8-6-10/h3-8H,2,9H2,1H3/b4-3+. The first kappa shape index (κ1) is 11.2. The SMILES string of the molecule is CC/C=C/C(=O)Cc1ccc(Br)cc1. The number of rotatable bonds is 4. The first-order valence-corrected chi connectivity index (χ1v) is 5.45. The van der Waals surface area contributed by atoms with Crippen LogP contribution >= 0.6 is 15.9 Å². The van der Waals surface area contributed by atoms with E-state index in [1.165, 1.54) is 0 Å². The van der Waals surface area contributed by atoms with E-state index in [1.54, 1.807) is 6.08 Å². The summed E-state index contributed by atoms with van der Waals surface area (Å²) in [5, 5.41) is 0. The van der Waals surface area contributed by atoms with Crippen molar-refractivity contribution in [2.24, 2.45) is 0 Å². The van der Waals surface area contributed by atoms with E-state index in [1.807, 2.05) is 37.3 Å². The third kappa shape index (κ3) is 3.88. The minimum atomic E-state index is 0.161. The van der Waals surface area contributed by atoms with E-state index in [4.69, 9.17) is 0 Å². The molecule has 0 aliphatic carbocycles. The molecule has 0 amide bonds. The molecular weight excluding hydrogens is 240 g/mol. The topological polar surface area (TPSA) is 17.1 Å². The van der Waals surface area contributed by atoms with Crippen molar-refractivity contribution < 1.29 is 4.79 Å². The largest absolute Gasteiger partial charge is 0.294 e. The van der Waals surface area contributed by atoms with Gasteiger partial charge in [-0.2, -0.15) is 0 Å². The normalized spacial score (nSPS) is 10.7. The monoisotopic (exact) mass is 252 g/mol. The second-order valence-electron chi connectivity index (χ2n) is 3.08. The molecule has 1 rings (SSSR count).